The van der Waals surface area contributed by atoms with Gasteiger partial charge in [0.2, 0.25) is 0 Å². The molecular weight excluding hydrogens is 232 g/mol. The summed E-state index contributed by atoms with van der Waals surface area (Å²) >= 11 is 0. The van der Waals surface area contributed by atoms with Gasteiger partial charge in [-0.25, -0.2) is 9.59 Å². The first-order valence-corrected chi connectivity index (χ1v) is 5.80. The standard InChI is InChI=1S/C14H16O4/c1-3-10(9-13(15)18-4-2)11-7-5-6-8-12(11)14(16)17/h5-9H,3-4H2,1-2H3,(H,16,17). The van der Waals surface area contributed by atoms with E-state index in [4.69, 9.17) is 9.84 Å². The molecule has 4 heteroatoms. The zero-order valence-electron chi connectivity index (χ0n) is 10.5. The number of esters is 1. The lowest BCUT2D eigenvalue weighted by Crippen LogP contribution is -2.04. The van der Waals surface area contributed by atoms with E-state index in [-0.39, 0.29) is 5.56 Å². The van der Waals surface area contributed by atoms with Gasteiger partial charge in [-0.3, -0.25) is 0 Å². The summed E-state index contributed by atoms with van der Waals surface area (Å²) < 4.78 is 4.83. The maximum Gasteiger partial charge on any atom is 0.336 e. The molecule has 0 radical (unpaired) electrons. The summed E-state index contributed by atoms with van der Waals surface area (Å²) in [6.45, 7) is 3.89. The highest BCUT2D eigenvalue weighted by atomic mass is 16.5. The van der Waals surface area contributed by atoms with Crippen LogP contribution in [0.1, 0.15) is 36.2 Å². The van der Waals surface area contributed by atoms with E-state index in [1.807, 2.05) is 6.92 Å². The third kappa shape index (κ3) is 3.45. The van der Waals surface area contributed by atoms with Gasteiger partial charge in [0.1, 0.15) is 0 Å². The van der Waals surface area contributed by atoms with Crippen molar-refractivity contribution in [3.05, 3.63) is 41.5 Å². The van der Waals surface area contributed by atoms with Crippen LogP contribution in [0.4, 0.5) is 0 Å². The first-order valence-electron chi connectivity index (χ1n) is 5.80. The minimum absolute atomic E-state index is 0.190. The Morgan fingerprint density at radius 1 is 1.22 bits per heavy atom. The number of aromatic carboxylic acids is 1. The molecule has 0 aliphatic carbocycles. The molecule has 0 saturated carbocycles. The van der Waals surface area contributed by atoms with Crippen LogP contribution in [-0.2, 0) is 9.53 Å². The molecular formula is C14H16O4. The monoisotopic (exact) mass is 248 g/mol. The van der Waals surface area contributed by atoms with Crippen molar-refractivity contribution in [2.24, 2.45) is 0 Å². The molecule has 0 saturated heterocycles. The molecule has 0 fully saturated rings. The lowest BCUT2D eigenvalue weighted by atomic mass is 9.97. The molecule has 0 heterocycles. The van der Waals surface area contributed by atoms with Gasteiger partial charge in [0.05, 0.1) is 12.2 Å². The van der Waals surface area contributed by atoms with Gasteiger partial charge in [-0.2, -0.15) is 0 Å². The molecule has 0 bridgehead atoms. The first kappa shape index (κ1) is 14.0. The normalized spacial score (nSPS) is 11.1. The van der Waals surface area contributed by atoms with Gasteiger partial charge in [-0.1, -0.05) is 25.1 Å². The predicted molar refractivity (Wildman–Crippen MR) is 68.3 cm³/mol. The van der Waals surface area contributed by atoms with E-state index in [1.54, 1.807) is 25.1 Å². The molecule has 1 N–H and O–H groups in total. The van der Waals surface area contributed by atoms with Crippen LogP contribution in [-0.4, -0.2) is 23.7 Å². The molecule has 4 nitrogen and oxygen atoms in total. The number of ether oxygens (including phenoxy) is 1. The van der Waals surface area contributed by atoms with Crippen molar-refractivity contribution in [1.29, 1.82) is 0 Å². The number of hydrogen-bond donors (Lipinski definition) is 1. The Balaban J connectivity index is 3.17. The fourth-order valence-electron chi connectivity index (χ4n) is 1.65. The zero-order valence-corrected chi connectivity index (χ0v) is 10.5. The van der Waals surface area contributed by atoms with Crippen molar-refractivity contribution < 1.29 is 19.4 Å². The maximum absolute atomic E-state index is 11.4. The van der Waals surface area contributed by atoms with E-state index in [2.05, 4.69) is 0 Å². The van der Waals surface area contributed by atoms with Gasteiger partial charge in [-0.05, 0) is 30.5 Å². The fourth-order valence-corrected chi connectivity index (χ4v) is 1.65. The lowest BCUT2D eigenvalue weighted by molar-refractivity contribution is -0.137. The largest absolute Gasteiger partial charge is 0.478 e. The van der Waals surface area contributed by atoms with Gasteiger partial charge in [0, 0.05) is 6.08 Å². The Morgan fingerprint density at radius 2 is 1.83 bits per heavy atom. The Hall–Kier alpha value is -2.10. The minimum atomic E-state index is -1.01. The van der Waals surface area contributed by atoms with Crippen LogP contribution in [0.3, 0.4) is 0 Å². The van der Waals surface area contributed by atoms with Gasteiger partial charge in [-0.15, -0.1) is 0 Å². The number of carbonyl (C=O) groups is 2. The quantitative estimate of drug-likeness (QED) is 0.642. The lowest BCUT2D eigenvalue weighted by Gasteiger charge is -2.08. The Labute approximate surface area is 106 Å². The molecule has 1 aromatic carbocycles. The molecule has 96 valence electrons. The summed E-state index contributed by atoms with van der Waals surface area (Å²) in [7, 11) is 0. The second-order valence-electron chi connectivity index (χ2n) is 3.63. The second-order valence-corrected chi connectivity index (χ2v) is 3.63. The van der Waals surface area contributed by atoms with E-state index in [9.17, 15) is 9.59 Å². The minimum Gasteiger partial charge on any atom is -0.478 e. The molecule has 0 aliphatic heterocycles. The van der Waals surface area contributed by atoms with Crippen LogP contribution in [0.15, 0.2) is 30.3 Å². The number of rotatable bonds is 5. The summed E-state index contributed by atoms with van der Waals surface area (Å²) in [5.74, 6) is -1.46. The average Bonchev–Trinajstić information content (AvgIpc) is 2.36. The Kier molecular flexibility index (Phi) is 5.11. The van der Waals surface area contributed by atoms with E-state index in [0.29, 0.717) is 24.2 Å². The van der Waals surface area contributed by atoms with Crippen LogP contribution in [0.25, 0.3) is 5.57 Å². The highest BCUT2D eigenvalue weighted by Crippen LogP contribution is 2.22. The van der Waals surface area contributed by atoms with Crippen LogP contribution in [0.5, 0.6) is 0 Å². The van der Waals surface area contributed by atoms with Crippen LogP contribution in [0, 0.1) is 0 Å². The molecule has 0 spiro atoms. The third-order valence-corrected chi connectivity index (χ3v) is 2.46. The maximum atomic E-state index is 11.4. The molecule has 0 amide bonds. The summed E-state index contributed by atoms with van der Waals surface area (Å²) in [5, 5.41) is 9.10. The molecule has 0 aromatic heterocycles. The summed E-state index contributed by atoms with van der Waals surface area (Å²) in [5.41, 5.74) is 1.40. The number of carboxylic acid groups (broad SMARTS) is 1. The van der Waals surface area contributed by atoms with E-state index in [1.165, 1.54) is 12.1 Å². The highest BCUT2D eigenvalue weighted by molar-refractivity contribution is 5.98. The second kappa shape index (κ2) is 6.59. The summed E-state index contributed by atoms with van der Waals surface area (Å²) in [4.78, 5) is 22.5. The summed E-state index contributed by atoms with van der Waals surface area (Å²) in [6.07, 6.45) is 1.91. The number of carboxylic acids is 1. The number of benzene rings is 1. The van der Waals surface area contributed by atoms with Gasteiger partial charge < -0.3 is 9.84 Å². The van der Waals surface area contributed by atoms with Crippen molar-refractivity contribution in [3.63, 3.8) is 0 Å². The van der Waals surface area contributed by atoms with Gasteiger partial charge in [0.15, 0.2) is 0 Å². The number of carbonyl (C=O) groups excluding carboxylic acids is 1. The molecule has 0 aliphatic rings. The third-order valence-electron chi connectivity index (χ3n) is 2.46. The average molecular weight is 248 g/mol. The van der Waals surface area contributed by atoms with E-state index < -0.39 is 11.9 Å². The summed E-state index contributed by atoms with van der Waals surface area (Å²) in [6, 6.07) is 6.62. The van der Waals surface area contributed by atoms with Gasteiger partial charge >= 0.3 is 11.9 Å². The molecule has 0 unspecified atom stereocenters. The van der Waals surface area contributed by atoms with E-state index >= 15 is 0 Å². The first-order chi connectivity index (χ1) is 8.60. The Morgan fingerprint density at radius 3 is 2.33 bits per heavy atom. The van der Waals surface area contributed by atoms with Crippen LogP contribution < -0.4 is 0 Å². The smallest absolute Gasteiger partial charge is 0.336 e. The zero-order chi connectivity index (χ0) is 13.5. The van der Waals surface area contributed by atoms with E-state index in [0.717, 1.165) is 0 Å². The number of hydrogen-bond acceptors (Lipinski definition) is 3. The molecule has 0 atom stereocenters. The molecule has 1 aromatic rings. The number of allylic oxidation sites excluding steroid dienone is 1. The van der Waals surface area contributed by atoms with Gasteiger partial charge in [0.25, 0.3) is 0 Å². The molecule has 18 heavy (non-hydrogen) atoms. The molecule has 1 rings (SSSR count). The Bertz CT molecular complexity index is 474. The van der Waals surface area contributed by atoms with Crippen molar-refractivity contribution in [1.82, 2.24) is 0 Å². The van der Waals surface area contributed by atoms with Crippen molar-refractivity contribution >= 4 is 17.5 Å². The fraction of sp³-hybridized carbons (Fsp3) is 0.286. The topological polar surface area (TPSA) is 63.6 Å². The highest BCUT2D eigenvalue weighted by Gasteiger charge is 2.12. The van der Waals surface area contributed by atoms with Crippen LogP contribution in [0.2, 0.25) is 0 Å². The SMILES string of the molecule is CCOC(=O)C=C(CC)c1ccccc1C(=O)O. The van der Waals surface area contributed by atoms with Crippen molar-refractivity contribution in [3.8, 4) is 0 Å². The van der Waals surface area contributed by atoms with Crippen molar-refractivity contribution in [2.45, 2.75) is 20.3 Å². The van der Waals surface area contributed by atoms with Crippen molar-refractivity contribution in [2.75, 3.05) is 6.61 Å². The predicted octanol–water partition coefficient (Wildman–Crippen LogP) is 2.74. The van der Waals surface area contributed by atoms with Crippen LogP contribution >= 0.6 is 0 Å².